The van der Waals surface area contributed by atoms with E-state index in [-0.39, 0.29) is 0 Å². The van der Waals surface area contributed by atoms with Gasteiger partial charge in [0.05, 0.1) is 5.71 Å². The van der Waals surface area contributed by atoms with E-state index in [9.17, 15) is 0 Å². The van der Waals surface area contributed by atoms with Gasteiger partial charge in [0, 0.05) is 49.8 Å². The first kappa shape index (κ1) is 20.7. The van der Waals surface area contributed by atoms with Gasteiger partial charge in [-0.05, 0) is 58.4 Å². The predicted octanol–water partition coefficient (Wildman–Crippen LogP) is 2.59. The lowest BCUT2D eigenvalue weighted by Crippen LogP contribution is -2.49. The van der Waals surface area contributed by atoms with Crippen LogP contribution in [-0.4, -0.2) is 61.3 Å². The first-order valence-corrected chi connectivity index (χ1v) is 9.93. The second kappa shape index (κ2) is 9.93. The van der Waals surface area contributed by atoms with Gasteiger partial charge in [-0.15, -0.1) is 0 Å². The van der Waals surface area contributed by atoms with Gasteiger partial charge in [-0.1, -0.05) is 19.2 Å². The van der Waals surface area contributed by atoms with Crippen molar-refractivity contribution in [1.29, 1.82) is 0 Å². The third-order valence-electron chi connectivity index (χ3n) is 5.34. The van der Waals surface area contributed by atoms with Crippen LogP contribution in [0.5, 0.6) is 0 Å². The summed E-state index contributed by atoms with van der Waals surface area (Å²) >= 11 is 0. The number of allylic oxidation sites excluding steroid dienone is 2. The quantitative estimate of drug-likeness (QED) is 0.377. The normalized spacial score (nSPS) is 21.0. The summed E-state index contributed by atoms with van der Waals surface area (Å²) in [5, 5.41) is 4.71. The molecule has 0 bridgehead atoms. The second-order valence-corrected chi connectivity index (χ2v) is 7.95. The van der Waals surface area contributed by atoms with Crippen LogP contribution < -0.4 is 11.2 Å². The number of nitrogens with one attached hydrogen (secondary N) is 1. The molecule has 3 N–H and O–H groups in total. The van der Waals surface area contributed by atoms with Gasteiger partial charge < -0.3 is 21.0 Å². The zero-order chi connectivity index (χ0) is 19.1. The van der Waals surface area contributed by atoms with E-state index in [1.54, 1.807) is 0 Å². The summed E-state index contributed by atoms with van der Waals surface area (Å²) in [6.07, 6.45) is 7.16. The largest absolute Gasteiger partial charge is 0.375 e. The molecule has 0 radical (unpaired) electrons. The molecule has 0 aromatic carbocycles. The molecule has 146 valence electrons. The van der Waals surface area contributed by atoms with Gasteiger partial charge >= 0.3 is 0 Å². The predicted molar refractivity (Wildman–Crippen MR) is 112 cm³/mol. The molecule has 0 spiro atoms. The van der Waals surface area contributed by atoms with E-state index in [1.165, 1.54) is 11.3 Å². The average Bonchev–Trinajstić information content (AvgIpc) is 2.61. The molecule has 2 rings (SSSR count). The third-order valence-corrected chi connectivity index (χ3v) is 5.34. The first-order chi connectivity index (χ1) is 12.4. The Labute approximate surface area is 159 Å². The topological polar surface area (TPSA) is 56.9 Å². The second-order valence-electron chi connectivity index (χ2n) is 7.95. The molecule has 2 aliphatic rings. The molecule has 2 fully saturated rings. The van der Waals surface area contributed by atoms with Crippen LogP contribution in [-0.2, 0) is 0 Å². The Balaban J connectivity index is 1.99. The minimum Gasteiger partial charge on any atom is -0.375 e. The molecule has 0 unspecified atom stereocenters. The van der Waals surface area contributed by atoms with Crippen molar-refractivity contribution in [3.05, 3.63) is 36.6 Å². The maximum Gasteiger partial charge on any atom is 0.0638 e. The molecule has 5 heteroatoms. The van der Waals surface area contributed by atoms with Crippen molar-refractivity contribution in [3.8, 4) is 0 Å². The summed E-state index contributed by atoms with van der Waals surface area (Å²) in [4.78, 5) is 4.84. The molecule has 2 saturated heterocycles. The highest BCUT2D eigenvalue weighted by atomic mass is 15.3. The van der Waals surface area contributed by atoms with Crippen molar-refractivity contribution in [1.82, 2.24) is 15.2 Å². The van der Waals surface area contributed by atoms with Crippen molar-refractivity contribution in [2.45, 2.75) is 39.2 Å². The number of hydrazone groups is 1. The van der Waals surface area contributed by atoms with E-state index < -0.39 is 0 Å². The number of hydrogen-bond acceptors (Lipinski definition) is 5. The summed E-state index contributed by atoms with van der Waals surface area (Å²) < 4.78 is 0. The Morgan fingerprint density at radius 3 is 2.42 bits per heavy atom. The minimum absolute atomic E-state index is 0.329. The lowest BCUT2D eigenvalue weighted by atomic mass is 9.88. The molecule has 0 saturated carbocycles. The molecule has 0 atom stereocenters. The van der Waals surface area contributed by atoms with Gasteiger partial charge in [0.15, 0.2) is 0 Å². The maximum absolute atomic E-state index is 5.73. The van der Waals surface area contributed by atoms with E-state index in [4.69, 9.17) is 10.8 Å². The molecule has 0 amide bonds. The van der Waals surface area contributed by atoms with Crippen LogP contribution >= 0.6 is 0 Å². The smallest absolute Gasteiger partial charge is 0.0638 e. The Kier molecular flexibility index (Phi) is 7.91. The molecule has 5 nitrogen and oxygen atoms in total. The van der Waals surface area contributed by atoms with Crippen molar-refractivity contribution < 1.29 is 0 Å². The Morgan fingerprint density at radius 2 is 1.92 bits per heavy atom. The summed E-state index contributed by atoms with van der Waals surface area (Å²) in [5.74, 6) is 1.12. The molecule has 26 heavy (non-hydrogen) atoms. The fraction of sp³-hybridized carbons (Fsp3) is 0.667. The van der Waals surface area contributed by atoms with Gasteiger partial charge in [-0.25, -0.2) is 0 Å². The SMILES string of the molecule is C=C/C(=C/C(=N\NC(C)C)C1CCN(C(=C)C2CN(C)C2)CC1)CCN. The van der Waals surface area contributed by atoms with Gasteiger partial charge in [-0.2, -0.15) is 5.10 Å². The molecule has 2 aliphatic heterocycles. The number of piperidine rings is 1. The summed E-state index contributed by atoms with van der Waals surface area (Å²) in [6, 6.07) is 0.329. The zero-order valence-electron chi connectivity index (χ0n) is 16.9. The number of likely N-dealkylation sites (tertiary alicyclic amines) is 2. The number of nitrogens with zero attached hydrogens (tertiary/aromatic N) is 3. The highest BCUT2D eigenvalue weighted by molar-refractivity contribution is 5.97. The monoisotopic (exact) mass is 359 g/mol. The average molecular weight is 360 g/mol. The van der Waals surface area contributed by atoms with Crippen molar-refractivity contribution in [2.75, 3.05) is 39.8 Å². The minimum atomic E-state index is 0.329. The van der Waals surface area contributed by atoms with Crippen LogP contribution in [0, 0.1) is 11.8 Å². The summed E-state index contributed by atoms with van der Waals surface area (Å²) in [5.41, 5.74) is 12.6. The molecular formula is C21H37N5. The van der Waals surface area contributed by atoms with Crippen LogP contribution in [0.25, 0.3) is 0 Å². The van der Waals surface area contributed by atoms with Gasteiger partial charge in [0.2, 0.25) is 0 Å². The molecular weight excluding hydrogens is 322 g/mol. The van der Waals surface area contributed by atoms with Gasteiger partial charge in [0.25, 0.3) is 0 Å². The van der Waals surface area contributed by atoms with Crippen LogP contribution in [0.1, 0.15) is 33.1 Å². The van der Waals surface area contributed by atoms with E-state index in [2.05, 4.69) is 55.4 Å². The highest BCUT2D eigenvalue weighted by Crippen LogP contribution is 2.28. The fourth-order valence-corrected chi connectivity index (χ4v) is 3.67. The zero-order valence-corrected chi connectivity index (χ0v) is 16.9. The first-order valence-electron chi connectivity index (χ1n) is 9.93. The van der Waals surface area contributed by atoms with Crippen molar-refractivity contribution >= 4 is 5.71 Å². The van der Waals surface area contributed by atoms with E-state index in [0.717, 1.165) is 51.2 Å². The summed E-state index contributed by atoms with van der Waals surface area (Å²) in [7, 11) is 2.17. The van der Waals surface area contributed by atoms with Crippen LogP contribution in [0.4, 0.5) is 0 Å². The lowest BCUT2D eigenvalue weighted by molar-refractivity contribution is 0.121. The molecule has 0 aliphatic carbocycles. The van der Waals surface area contributed by atoms with Crippen molar-refractivity contribution in [3.63, 3.8) is 0 Å². The third kappa shape index (κ3) is 5.71. The van der Waals surface area contributed by atoms with E-state index >= 15 is 0 Å². The molecule has 0 aromatic rings. The Morgan fingerprint density at radius 1 is 1.27 bits per heavy atom. The van der Waals surface area contributed by atoms with Crippen LogP contribution in [0.2, 0.25) is 0 Å². The fourth-order valence-electron chi connectivity index (χ4n) is 3.67. The van der Waals surface area contributed by atoms with Gasteiger partial charge in [0.1, 0.15) is 0 Å². The highest BCUT2D eigenvalue weighted by Gasteiger charge is 2.31. The lowest BCUT2D eigenvalue weighted by Gasteiger charge is -2.44. The number of nitrogens with two attached hydrogens (primary N) is 1. The Bertz CT molecular complexity index is 535. The van der Waals surface area contributed by atoms with Crippen LogP contribution in [0.3, 0.4) is 0 Å². The standard InChI is InChI=1S/C21H37N5/c1-6-18(7-10-22)13-21(24-23-16(2)3)19-8-11-26(12-9-19)17(4)20-14-25(5)15-20/h6,13,16,19-20,23H,1,4,7-12,14-15,22H2,2-3,5H3/b18-13-,24-21+. The molecule has 0 aromatic heterocycles. The van der Waals surface area contributed by atoms with Crippen molar-refractivity contribution in [2.24, 2.45) is 22.7 Å². The Hall–Kier alpha value is -1.59. The van der Waals surface area contributed by atoms with E-state index in [0.29, 0.717) is 24.4 Å². The van der Waals surface area contributed by atoms with Crippen LogP contribution in [0.15, 0.2) is 41.7 Å². The maximum atomic E-state index is 5.73. The molecule has 2 heterocycles. The number of hydrogen-bond donors (Lipinski definition) is 2. The number of rotatable bonds is 9. The summed E-state index contributed by atoms with van der Waals surface area (Å²) in [6.45, 7) is 17.6. The van der Waals surface area contributed by atoms with E-state index in [1.807, 2.05) is 6.08 Å². The van der Waals surface area contributed by atoms with Gasteiger partial charge in [-0.3, -0.25) is 0 Å².